The Hall–Kier alpha value is -4.12. The smallest absolute Gasteiger partial charge is 0.185 e. The van der Waals surface area contributed by atoms with Gasteiger partial charge in [0.25, 0.3) is 0 Å². The molecule has 180 valence electrons. The topological polar surface area (TPSA) is 67.9 Å². The van der Waals surface area contributed by atoms with E-state index in [2.05, 4.69) is 41.3 Å². The van der Waals surface area contributed by atoms with E-state index in [0.29, 0.717) is 10.6 Å². The summed E-state index contributed by atoms with van der Waals surface area (Å²) in [5.41, 5.74) is 4.76. The molecule has 3 aromatic carbocycles. The fraction of sp³-hybridized carbons (Fsp3) is 0.219. The highest BCUT2D eigenvalue weighted by Crippen LogP contribution is 2.56. The van der Waals surface area contributed by atoms with Gasteiger partial charge in [0.1, 0.15) is 23.8 Å². The first kappa shape index (κ1) is 23.3. The minimum absolute atomic E-state index is 0.0313. The van der Waals surface area contributed by atoms with E-state index in [1.165, 1.54) is 0 Å². The van der Waals surface area contributed by atoms with Gasteiger partial charge in [-0.3, -0.25) is 4.79 Å². The van der Waals surface area contributed by atoms with Crippen molar-refractivity contribution >= 4 is 29.1 Å². The standard InChI is InChI=1S/C32H24ClN3O/c33-25-15-12-22(13-16-25)29-30(28(21-10-11-21)24(18-34)19-35)27-17-14-20-6-4-5-9-26(20)36(27)31(29)32(37)23-7-2-1-3-8-23/h1-9,12-17,21,27,29-31H,10-11H2/t27-,29-,30+,31-/m1/s1. The van der Waals surface area contributed by atoms with Gasteiger partial charge < -0.3 is 4.90 Å². The molecular weight excluding hydrogens is 478 g/mol. The van der Waals surface area contributed by atoms with E-state index >= 15 is 0 Å². The summed E-state index contributed by atoms with van der Waals surface area (Å²) in [6.07, 6.45) is 6.18. The number of nitriles is 2. The largest absolute Gasteiger partial charge is 0.353 e. The Labute approximate surface area is 221 Å². The zero-order valence-electron chi connectivity index (χ0n) is 20.1. The molecule has 0 amide bonds. The van der Waals surface area contributed by atoms with Crippen LogP contribution in [-0.4, -0.2) is 17.9 Å². The summed E-state index contributed by atoms with van der Waals surface area (Å²) in [4.78, 5) is 16.6. The first-order chi connectivity index (χ1) is 18.1. The average Bonchev–Trinajstić information content (AvgIpc) is 3.73. The molecule has 0 bridgehead atoms. The fourth-order valence-corrected chi connectivity index (χ4v) is 6.36. The second-order valence-electron chi connectivity index (χ2n) is 9.92. The number of rotatable bonds is 5. The molecule has 0 radical (unpaired) electrons. The third-order valence-corrected chi connectivity index (χ3v) is 8.13. The lowest BCUT2D eigenvalue weighted by atomic mass is 9.73. The Morgan fingerprint density at radius 3 is 2.24 bits per heavy atom. The molecule has 2 aliphatic heterocycles. The Morgan fingerprint density at radius 1 is 0.892 bits per heavy atom. The number of hydrogen-bond donors (Lipinski definition) is 0. The summed E-state index contributed by atoms with van der Waals surface area (Å²) >= 11 is 6.27. The molecule has 0 spiro atoms. The summed E-state index contributed by atoms with van der Waals surface area (Å²) in [6.45, 7) is 0. The predicted octanol–water partition coefficient (Wildman–Crippen LogP) is 6.96. The van der Waals surface area contributed by atoms with E-state index in [4.69, 9.17) is 11.6 Å². The SMILES string of the molecule is N#CC(C#N)=C(C1CC1)[C@H]1[C@@H](c2ccc(Cl)cc2)[C@H](C(=O)c2ccccc2)N2c3ccccc3C=C[C@H]12. The third kappa shape index (κ3) is 3.95. The molecule has 4 nitrogen and oxygen atoms in total. The van der Waals surface area contributed by atoms with Crippen LogP contribution in [0.3, 0.4) is 0 Å². The number of Topliss-reactive ketones (excluding diaryl/α,β-unsaturated/α-hetero) is 1. The maximum absolute atomic E-state index is 14.4. The first-order valence-electron chi connectivity index (χ1n) is 12.6. The van der Waals surface area contributed by atoms with Crippen molar-refractivity contribution in [1.82, 2.24) is 0 Å². The summed E-state index contributed by atoms with van der Waals surface area (Å²) in [5, 5.41) is 20.6. The highest BCUT2D eigenvalue weighted by atomic mass is 35.5. The minimum atomic E-state index is -0.517. The van der Waals surface area contributed by atoms with Crippen molar-refractivity contribution < 1.29 is 4.79 Å². The van der Waals surface area contributed by atoms with Crippen LogP contribution in [0.4, 0.5) is 5.69 Å². The number of para-hydroxylation sites is 1. The second-order valence-corrected chi connectivity index (χ2v) is 10.4. The number of allylic oxidation sites excluding steroid dienone is 1. The van der Waals surface area contributed by atoms with Gasteiger partial charge in [0.2, 0.25) is 0 Å². The Bertz CT molecular complexity index is 1490. The molecule has 0 aromatic heterocycles. The number of carbonyl (C=O) groups excluding carboxylic acids is 1. The van der Waals surface area contributed by atoms with Crippen LogP contribution in [0.5, 0.6) is 0 Å². The van der Waals surface area contributed by atoms with E-state index < -0.39 is 6.04 Å². The molecule has 5 heteroatoms. The summed E-state index contributed by atoms with van der Waals surface area (Å²) in [5.74, 6) is -0.251. The van der Waals surface area contributed by atoms with E-state index in [0.717, 1.165) is 35.2 Å². The molecule has 1 saturated carbocycles. The lowest BCUT2D eigenvalue weighted by Gasteiger charge is -2.36. The van der Waals surface area contributed by atoms with Crippen molar-refractivity contribution in [1.29, 1.82) is 10.5 Å². The first-order valence-corrected chi connectivity index (χ1v) is 12.9. The van der Waals surface area contributed by atoms with Crippen molar-refractivity contribution in [3.8, 4) is 12.1 Å². The monoisotopic (exact) mass is 501 g/mol. The number of hydrogen-bond acceptors (Lipinski definition) is 4. The second kappa shape index (κ2) is 9.40. The van der Waals surface area contributed by atoms with Crippen LogP contribution in [0.2, 0.25) is 5.02 Å². The molecule has 6 rings (SSSR count). The highest BCUT2D eigenvalue weighted by Gasteiger charge is 2.56. The van der Waals surface area contributed by atoms with Crippen LogP contribution in [0.1, 0.15) is 40.2 Å². The van der Waals surface area contributed by atoms with Crippen LogP contribution in [0, 0.1) is 34.5 Å². The average molecular weight is 502 g/mol. The molecule has 0 N–H and O–H groups in total. The maximum atomic E-state index is 14.4. The van der Waals surface area contributed by atoms with Crippen LogP contribution < -0.4 is 4.90 Å². The predicted molar refractivity (Wildman–Crippen MR) is 145 cm³/mol. The lowest BCUT2D eigenvalue weighted by molar-refractivity contribution is 0.0952. The Morgan fingerprint density at radius 2 is 1.57 bits per heavy atom. The van der Waals surface area contributed by atoms with E-state index in [-0.39, 0.29) is 35.2 Å². The zero-order valence-corrected chi connectivity index (χ0v) is 20.8. The Balaban J connectivity index is 1.63. The molecule has 37 heavy (non-hydrogen) atoms. The van der Waals surface area contributed by atoms with Crippen molar-refractivity contribution in [2.45, 2.75) is 30.8 Å². The number of ketones is 1. The Kier molecular flexibility index (Phi) is 5.91. The van der Waals surface area contributed by atoms with E-state index in [1.54, 1.807) is 0 Å². The molecule has 0 unspecified atom stereocenters. The summed E-state index contributed by atoms with van der Waals surface area (Å²) in [7, 11) is 0. The van der Waals surface area contributed by atoms with Gasteiger partial charge in [0.15, 0.2) is 5.78 Å². The van der Waals surface area contributed by atoms with Gasteiger partial charge in [-0.2, -0.15) is 10.5 Å². The van der Waals surface area contributed by atoms with Crippen LogP contribution in [0.25, 0.3) is 6.08 Å². The molecule has 2 heterocycles. The van der Waals surface area contributed by atoms with Gasteiger partial charge in [-0.15, -0.1) is 0 Å². The number of carbonyl (C=O) groups is 1. The van der Waals surface area contributed by atoms with Crippen LogP contribution in [0.15, 0.2) is 96.1 Å². The fourth-order valence-electron chi connectivity index (χ4n) is 6.24. The number of halogens is 1. The van der Waals surface area contributed by atoms with Gasteiger partial charge in [0.05, 0.1) is 6.04 Å². The van der Waals surface area contributed by atoms with Gasteiger partial charge in [-0.1, -0.05) is 84.4 Å². The molecule has 1 saturated heterocycles. The molecule has 3 aromatic rings. The minimum Gasteiger partial charge on any atom is -0.353 e. The van der Waals surface area contributed by atoms with E-state index in [9.17, 15) is 15.3 Å². The molecule has 2 fully saturated rings. The van der Waals surface area contributed by atoms with Gasteiger partial charge in [0, 0.05) is 28.1 Å². The van der Waals surface area contributed by atoms with E-state index in [1.807, 2.05) is 66.7 Å². The van der Waals surface area contributed by atoms with Crippen LogP contribution >= 0.6 is 11.6 Å². The maximum Gasteiger partial charge on any atom is 0.185 e. The van der Waals surface area contributed by atoms with Gasteiger partial charge >= 0.3 is 0 Å². The number of nitrogens with zero attached hydrogens (tertiary/aromatic N) is 3. The highest BCUT2D eigenvalue weighted by molar-refractivity contribution is 6.30. The number of anilines is 1. The summed E-state index contributed by atoms with van der Waals surface area (Å²) < 4.78 is 0. The summed E-state index contributed by atoms with van der Waals surface area (Å²) in [6, 6.07) is 28.9. The van der Waals surface area contributed by atoms with Crippen molar-refractivity contribution in [2.75, 3.05) is 4.90 Å². The normalized spacial score (nSPS) is 23.4. The molecular formula is C32H24ClN3O. The number of benzene rings is 3. The molecule has 3 aliphatic rings. The van der Waals surface area contributed by atoms with Gasteiger partial charge in [-0.05, 0) is 53.7 Å². The molecule has 4 atom stereocenters. The van der Waals surface area contributed by atoms with Crippen molar-refractivity contribution in [2.24, 2.45) is 11.8 Å². The zero-order chi connectivity index (χ0) is 25.5. The van der Waals surface area contributed by atoms with Gasteiger partial charge in [-0.25, -0.2) is 0 Å². The quantitative estimate of drug-likeness (QED) is 0.280. The van der Waals surface area contributed by atoms with Crippen molar-refractivity contribution in [3.05, 3.63) is 118 Å². The number of fused-ring (bicyclic) bond motifs is 3. The van der Waals surface area contributed by atoms with Crippen molar-refractivity contribution in [3.63, 3.8) is 0 Å². The lowest BCUT2D eigenvalue weighted by Crippen LogP contribution is -2.43. The third-order valence-electron chi connectivity index (χ3n) is 7.87. The molecule has 1 aliphatic carbocycles. The van der Waals surface area contributed by atoms with Crippen LogP contribution in [-0.2, 0) is 0 Å².